The van der Waals surface area contributed by atoms with E-state index in [0.717, 1.165) is 28.4 Å². The maximum absolute atomic E-state index is 12.7. The second-order valence-corrected chi connectivity index (χ2v) is 8.57. The van der Waals surface area contributed by atoms with E-state index in [1.807, 2.05) is 48.5 Å². The van der Waals surface area contributed by atoms with Gasteiger partial charge >= 0.3 is 0 Å². The first kappa shape index (κ1) is 21.8. The molecule has 0 unspecified atom stereocenters. The molecule has 33 heavy (non-hydrogen) atoms. The van der Waals surface area contributed by atoms with E-state index in [0.29, 0.717) is 56.7 Å². The summed E-state index contributed by atoms with van der Waals surface area (Å²) in [6.07, 6.45) is 0. The van der Waals surface area contributed by atoms with Crippen LogP contribution in [0.5, 0.6) is 11.5 Å². The summed E-state index contributed by atoms with van der Waals surface area (Å²) in [5.74, 6) is 2.53. The zero-order valence-corrected chi connectivity index (χ0v) is 18.9. The number of carbonyl (C=O) groups excluding carboxylic acids is 1. The van der Waals surface area contributed by atoms with Gasteiger partial charge in [0, 0.05) is 31.2 Å². The number of morpholine rings is 1. The zero-order chi connectivity index (χ0) is 22.6. The largest absolute Gasteiger partial charge is 0.455 e. The van der Waals surface area contributed by atoms with E-state index in [1.54, 1.807) is 11.0 Å². The summed E-state index contributed by atoms with van der Waals surface area (Å²) in [4.78, 5) is 16.8. The summed E-state index contributed by atoms with van der Waals surface area (Å²) < 4.78 is 22.3. The molecule has 0 saturated carbocycles. The fraction of sp³-hybridized carbons (Fsp3) is 0.320. The number of rotatable bonds is 7. The number of hydrogen-bond donors (Lipinski definition) is 0. The van der Waals surface area contributed by atoms with Crippen LogP contribution in [0.3, 0.4) is 0 Å². The third-order valence-electron chi connectivity index (χ3n) is 5.71. The Bertz CT molecular complexity index is 1110. The second-order valence-electron chi connectivity index (χ2n) is 8.13. The minimum Gasteiger partial charge on any atom is -0.455 e. The third-order valence-corrected chi connectivity index (χ3v) is 5.96. The van der Waals surface area contributed by atoms with E-state index in [4.69, 9.17) is 30.2 Å². The summed E-state index contributed by atoms with van der Waals surface area (Å²) in [7, 11) is 0. The van der Waals surface area contributed by atoms with Gasteiger partial charge in [0.05, 0.1) is 19.8 Å². The molecule has 0 bridgehead atoms. The van der Waals surface area contributed by atoms with E-state index in [9.17, 15) is 4.79 Å². The molecule has 0 aliphatic carbocycles. The van der Waals surface area contributed by atoms with Gasteiger partial charge in [-0.2, -0.15) is 0 Å². The molecule has 0 radical (unpaired) electrons. The lowest BCUT2D eigenvalue weighted by molar-refractivity contribution is 0.0281. The van der Waals surface area contributed by atoms with Crippen molar-refractivity contribution in [2.75, 3.05) is 33.1 Å². The molecule has 8 heteroatoms. The molecule has 1 saturated heterocycles. The Morgan fingerprint density at radius 3 is 2.42 bits per heavy atom. The molecule has 172 valence electrons. The zero-order valence-electron chi connectivity index (χ0n) is 18.2. The van der Waals surface area contributed by atoms with Crippen LogP contribution >= 0.6 is 11.6 Å². The molecule has 2 aliphatic heterocycles. The average Bonchev–Trinajstić information content (AvgIpc) is 3.50. The minimum atomic E-state index is -0.0930. The molecule has 0 N–H and O–H groups in total. The number of hydrogen-bond acceptors (Lipinski definition) is 6. The number of furan rings is 1. The minimum absolute atomic E-state index is 0.0930. The van der Waals surface area contributed by atoms with Gasteiger partial charge in [0.2, 0.25) is 6.79 Å². The molecule has 1 amide bonds. The van der Waals surface area contributed by atoms with Crippen molar-refractivity contribution in [3.8, 4) is 11.5 Å². The Balaban J connectivity index is 1.32. The van der Waals surface area contributed by atoms with E-state index in [-0.39, 0.29) is 12.7 Å². The van der Waals surface area contributed by atoms with Gasteiger partial charge in [-0.05, 0) is 47.5 Å². The van der Waals surface area contributed by atoms with Crippen LogP contribution in [0.1, 0.15) is 27.4 Å². The predicted octanol–water partition coefficient (Wildman–Crippen LogP) is 4.34. The normalized spacial score (nSPS) is 15.3. The van der Waals surface area contributed by atoms with Crippen LogP contribution in [0, 0.1) is 0 Å². The molecular formula is C25H25ClN2O5. The highest BCUT2D eigenvalue weighted by Gasteiger charge is 2.22. The van der Waals surface area contributed by atoms with Crippen LogP contribution < -0.4 is 9.47 Å². The maximum Gasteiger partial charge on any atom is 0.289 e. The fourth-order valence-electron chi connectivity index (χ4n) is 4.03. The van der Waals surface area contributed by atoms with Crippen LogP contribution in [0.15, 0.2) is 59.0 Å². The number of benzene rings is 2. The van der Waals surface area contributed by atoms with Crippen LogP contribution in [-0.2, 0) is 24.4 Å². The molecule has 5 rings (SSSR count). The smallest absolute Gasteiger partial charge is 0.289 e. The van der Waals surface area contributed by atoms with Crippen molar-refractivity contribution in [1.29, 1.82) is 0 Å². The number of ether oxygens (including phenoxy) is 3. The lowest BCUT2D eigenvalue weighted by atomic mass is 10.1. The number of halogens is 1. The van der Waals surface area contributed by atoms with Gasteiger partial charge in [-0.25, -0.2) is 0 Å². The molecule has 3 aromatic rings. The molecule has 1 aromatic heterocycles. The van der Waals surface area contributed by atoms with Crippen molar-refractivity contribution in [2.45, 2.75) is 19.6 Å². The van der Waals surface area contributed by atoms with Crippen molar-refractivity contribution in [3.63, 3.8) is 0 Å². The Hall–Kier alpha value is -3.00. The average molecular weight is 469 g/mol. The van der Waals surface area contributed by atoms with Gasteiger partial charge in [-0.15, -0.1) is 0 Å². The van der Waals surface area contributed by atoms with Gasteiger partial charge in [0.15, 0.2) is 17.3 Å². The van der Waals surface area contributed by atoms with Crippen molar-refractivity contribution in [2.24, 2.45) is 0 Å². The molecule has 2 aliphatic rings. The van der Waals surface area contributed by atoms with Crippen molar-refractivity contribution < 1.29 is 23.4 Å². The summed E-state index contributed by atoms with van der Waals surface area (Å²) in [5.41, 5.74) is 2.24. The Morgan fingerprint density at radius 2 is 1.61 bits per heavy atom. The van der Waals surface area contributed by atoms with E-state index in [2.05, 4.69) is 4.90 Å². The number of carbonyl (C=O) groups is 1. The highest BCUT2D eigenvalue weighted by atomic mass is 35.5. The summed E-state index contributed by atoms with van der Waals surface area (Å²) in [6.45, 7) is 4.45. The lowest BCUT2D eigenvalue weighted by Crippen LogP contribution is -2.40. The van der Waals surface area contributed by atoms with Crippen LogP contribution in [0.2, 0.25) is 5.02 Å². The highest BCUT2D eigenvalue weighted by Crippen LogP contribution is 2.33. The molecule has 3 heterocycles. The first-order valence-corrected chi connectivity index (χ1v) is 11.3. The van der Waals surface area contributed by atoms with E-state index >= 15 is 0 Å². The standard InChI is InChI=1S/C25H25ClN2O5/c26-20-4-1-18(2-5-20)14-27(15-19-3-7-22-24(13-19)32-17-31-22)16-21-6-8-23(33-21)25(29)28-9-11-30-12-10-28/h1-8,13H,9-12,14-17H2. The first-order valence-electron chi connectivity index (χ1n) is 10.9. The van der Waals surface area contributed by atoms with Crippen LogP contribution in [-0.4, -0.2) is 48.8 Å². The Labute approximate surface area is 197 Å². The lowest BCUT2D eigenvalue weighted by Gasteiger charge is -2.25. The quantitative estimate of drug-likeness (QED) is 0.514. The van der Waals surface area contributed by atoms with E-state index < -0.39 is 0 Å². The number of amides is 1. The van der Waals surface area contributed by atoms with Gasteiger partial charge in [0.25, 0.3) is 5.91 Å². The summed E-state index contributed by atoms with van der Waals surface area (Å²) in [5, 5.41) is 0.707. The first-order chi connectivity index (χ1) is 16.1. The van der Waals surface area contributed by atoms with Gasteiger partial charge < -0.3 is 23.5 Å². The predicted molar refractivity (Wildman–Crippen MR) is 122 cm³/mol. The molecule has 0 atom stereocenters. The third kappa shape index (κ3) is 5.33. The second kappa shape index (κ2) is 9.87. The topological polar surface area (TPSA) is 64.4 Å². The molecule has 2 aromatic carbocycles. The van der Waals surface area contributed by atoms with Crippen molar-refractivity contribution in [3.05, 3.63) is 82.3 Å². The summed E-state index contributed by atoms with van der Waals surface area (Å²) >= 11 is 6.06. The highest BCUT2D eigenvalue weighted by molar-refractivity contribution is 6.30. The Kier molecular flexibility index (Phi) is 6.53. The SMILES string of the molecule is O=C(c1ccc(CN(Cc2ccc(Cl)cc2)Cc2ccc3c(c2)OCO3)o1)N1CCOCC1. The van der Waals surface area contributed by atoms with Crippen LogP contribution in [0.4, 0.5) is 0 Å². The number of fused-ring (bicyclic) bond motifs is 1. The molecule has 1 fully saturated rings. The number of nitrogens with zero attached hydrogens (tertiary/aromatic N) is 2. The Morgan fingerprint density at radius 1 is 0.879 bits per heavy atom. The molecule has 7 nitrogen and oxygen atoms in total. The maximum atomic E-state index is 12.7. The van der Waals surface area contributed by atoms with Crippen LogP contribution in [0.25, 0.3) is 0 Å². The molecular weight excluding hydrogens is 444 g/mol. The monoisotopic (exact) mass is 468 g/mol. The van der Waals surface area contributed by atoms with Gasteiger partial charge in [-0.3, -0.25) is 9.69 Å². The van der Waals surface area contributed by atoms with Crippen molar-refractivity contribution in [1.82, 2.24) is 9.80 Å². The van der Waals surface area contributed by atoms with Gasteiger partial charge in [0.1, 0.15) is 5.76 Å². The van der Waals surface area contributed by atoms with Crippen molar-refractivity contribution >= 4 is 17.5 Å². The molecule has 0 spiro atoms. The van der Waals surface area contributed by atoms with Gasteiger partial charge in [-0.1, -0.05) is 29.8 Å². The summed E-state index contributed by atoms with van der Waals surface area (Å²) in [6, 6.07) is 17.4. The fourth-order valence-corrected chi connectivity index (χ4v) is 4.16. The van der Waals surface area contributed by atoms with E-state index in [1.165, 1.54) is 0 Å².